The van der Waals surface area contributed by atoms with E-state index in [1.807, 2.05) is 0 Å². The lowest BCUT2D eigenvalue weighted by Crippen LogP contribution is -2.17. The van der Waals surface area contributed by atoms with Crippen molar-refractivity contribution in [3.05, 3.63) is 18.0 Å². The molecule has 12 heavy (non-hydrogen) atoms. The average Bonchev–Trinajstić information content (AvgIpc) is 2.70. The summed E-state index contributed by atoms with van der Waals surface area (Å²) in [7, 11) is 0. The van der Waals surface area contributed by atoms with Crippen molar-refractivity contribution in [1.29, 1.82) is 0 Å². The second-order valence-electron chi connectivity index (χ2n) is 4.08. The first kappa shape index (κ1) is 6.70. The maximum atomic E-state index is 4.61. The quantitative estimate of drug-likeness (QED) is 0.653. The number of hydrogen-bond donors (Lipinski definition) is 0. The van der Waals surface area contributed by atoms with E-state index in [1.165, 1.54) is 37.8 Å². The molecule has 2 fully saturated rings. The average molecular weight is 162 g/mol. The van der Waals surface area contributed by atoms with Crippen molar-refractivity contribution < 1.29 is 0 Å². The minimum Gasteiger partial charge on any atom is -0.269 e. The lowest BCUT2D eigenvalue weighted by atomic mass is 9.93. The van der Waals surface area contributed by atoms with Crippen LogP contribution in [0.2, 0.25) is 0 Å². The molecule has 3 rings (SSSR count). The summed E-state index contributed by atoms with van der Waals surface area (Å²) in [6.45, 7) is 0. The van der Waals surface area contributed by atoms with Gasteiger partial charge < -0.3 is 0 Å². The molecule has 0 N–H and O–H groups in total. The molecule has 1 heterocycles. The third-order valence-corrected chi connectivity index (χ3v) is 3.07. The van der Waals surface area contributed by atoms with Crippen LogP contribution in [-0.4, -0.2) is 9.78 Å². The van der Waals surface area contributed by atoms with Gasteiger partial charge in [0.05, 0.1) is 11.7 Å². The minimum atomic E-state index is 0.734. The zero-order chi connectivity index (χ0) is 7.97. The van der Waals surface area contributed by atoms with Gasteiger partial charge in [-0.25, -0.2) is 0 Å². The lowest BCUT2D eigenvalue weighted by Gasteiger charge is -2.25. The minimum absolute atomic E-state index is 0.734. The summed E-state index contributed by atoms with van der Waals surface area (Å²) >= 11 is 0. The molecule has 1 aromatic heterocycles. The van der Waals surface area contributed by atoms with Gasteiger partial charge in [-0.15, -0.1) is 0 Å². The molecule has 64 valence electrons. The van der Waals surface area contributed by atoms with E-state index in [-0.39, 0.29) is 0 Å². The molecule has 0 amide bonds. The van der Waals surface area contributed by atoms with Crippen molar-refractivity contribution in [2.45, 2.75) is 44.1 Å². The Labute approximate surface area is 72.6 Å². The highest BCUT2D eigenvalue weighted by Gasteiger charge is 2.27. The smallest absolute Gasteiger partial charge is 0.0655 e. The number of aromatic nitrogens is 2. The van der Waals surface area contributed by atoms with Crippen LogP contribution in [-0.2, 0) is 0 Å². The highest BCUT2D eigenvalue weighted by molar-refractivity contribution is 5.12. The summed E-state index contributed by atoms with van der Waals surface area (Å²) in [6, 6.07) is 2.94. The van der Waals surface area contributed by atoms with Crippen LogP contribution in [0.5, 0.6) is 0 Å². The van der Waals surface area contributed by atoms with Gasteiger partial charge in [-0.1, -0.05) is 0 Å². The standard InChI is InChI=1S/C10H14N2/c1-2-9(3-1)12-7-6-10(11-12)8-4-5-8/h6-9H,1-5H2. The summed E-state index contributed by atoms with van der Waals surface area (Å²) in [5.74, 6) is 0.811. The topological polar surface area (TPSA) is 17.8 Å². The van der Waals surface area contributed by atoms with Gasteiger partial charge in [-0.05, 0) is 38.2 Å². The fraction of sp³-hybridized carbons (Fsp3) is 0.700. The third-order valence-electron chi connectivity index (χ3n) is 3.07. The Kier molecular flexibility index (Phi) is 1.31. The maximum absolute atomic E-state index is 4.61. The van der Waals surface area contributed by atoms with Gasteiger partial charge in [-0.3, -0.25) is 4.68 Å². The second kappa shape index (κ2) is 2.35. The molecule has 0 aliphatic heterocycles. The Morgan fingerprint density at radius 2 is 2.08 bits per heavy atom. The van der Waals surface area contributed by atoms with Gasteiger partial charge in [0.25, 0.3) is 0 Å². The summed E-state index contributed by atoms with van der Waals surface area (Å²) in [5.41, 5.74) is 1.34. The monoisotopic (exact) mass is 162 g/mol. The van der Waals surface area contributed by atoms with Crippen LogP contribution >= 0.6 is 0 Å². The van der Waals surface area contributed by atoms with Gasteiger partial charge in [-0.2, -0.15) is 5.10 Å². The first-order valence-electron chi connectivity index (χ1n) is 4.98. The van der Waals surface area contributed by atoms with Crippen LogP contribution in [0, 0.1) is 0 Å². The van der Waals surface area contributed by atoms with Gasteiger partial charge in [0.1, 0.15) is 0 Å². The predicted molar refractivity (Wildman–Crippen MR) is 47.1 cm³/mol. The van der Waals surface area contributed by atoms with E-state index >= 15 is 0 Å². The molecule has 2 nitrogen and oxygen atoms in total. The van der Waals surface area contributed by atoms with E-state index in [9.17, 15) is 0 Å². The van der Waals surface area contributed by atoms with Crippen molar-refractivity contribution in [2.75, 3.05) is 0 Å². The first-order chi connectivity index (χ1) is 5.93. The van der Waals surface area contributed by atoms with Crippen LogP contribution in [0.25, 0.3) is 0 Å². The summed E-state index contributed by atoms with van der Waals surface area (Å²) in [5, 5.41) is 4.61. The highest BCUT2D eigenvalue weighted by Crippen LogP contribution is 2.40. The number of nitrogens with zero attached hydrogens (tertiary/aromatic N) is 2. The molecule has 2 saturated carbocycles. The zero-order valence-corrected chi connectivity index (χ0v) is 7.24. The van der Waals surface area contributed by atoms with E-state index in [0.717, 1.165) is 12.0 Å². The zero-order valence-electron chi connectivity index (χ0n) is 7.24. The molecular weight excluding hydrogens is 148 g/mol. The molecule has 0 spiro atoms. The van der Waals surface area contributed by atoms with E-state index in [2.05, 4.69) is 22.0 Å². The lowest BCUT2D eigenvalue weighted by molar-refractivity contribution is 0.288. The Balaban J connectivity index is 1.81. The second-order valence-corrected chi connectivity index (χ2v) is 4.08. The fourth-order valence-electron chi connectivity index (χ4n) is 1.80. The van der Waals surface area contributed by atoms with Crippen LogP contribution in [0.1, 0.15) is 49.8 Å². The molecule has 0 bridgehead atoms. The molecule has 2 heteroatoms. The van der Waals surface area contributed by atoms with Crippen LogP contribution in [0.15, 0.2) is 12.3 Å². The first-order valence-corrected chi connectivity index (χ1v) is 4.98. The molecular formula is C10H14N2. The molecule has 0 unspecified atom stereocenters. The highest BCUT2D eigenvalue weighted by atomic mass is 15.3. The largest absolute Gasteiger partial charge is 0.269 e. The molecule has 0 radical (unpaired) electrons. The Bertz CT molecular complexity index is 282. The van der Waals surface area contributed by atoms with E-state index < -0.39 is 0 Å². The van der Waals surface area contributed by atoms with Crippen molar-refractivity contribution in [3.8, 4) is 0 Å². The predicted octanol–water partition coefficient (Wildman–Crippen LogP) is 2.49. The van der Waals surface area contributed by atoms with Crippen molar-refractivity contribution >= 4 is 0 Å². The van der Waals surface area contributed by atoms with E-state index in [1.54, 1.807) is 0 Å². The summed E-state index contributed by atoms with van der Waals surface area (Å²) < 4.78 is 2.18. The molecule has 0 saturated heterocycles. The molecule has 2 aliphatic rings. The Morgan fingerprint density at radius 3 is 2.67 bits per heavy atom. The SMILES string of the molecule is c1cn(C2CCC2)nc1C1CC1. The van der Waals surface area contributed by atoms with Crippen molar-refractivity contribution in [2.24, 2.45) is 0 Å². The molecule has 0 aromatic carbocycles. The maximum Gasteiger partial charge on any atom is 0.0655 e. The van der Waals surface area contributed by atoms with E-state index in [4.69, 9.17) is 0 Å². The number of rotatable bonds is 2. The fourth-order valence-corrected chi connectivity index (χ4v) is 1.80. The van der Waals surface area contributed by atoms with Gasteiger partial charge in [0.2, 0.25) is 0 Å². The van der Waals surface area contributed by atoms with Gasteiger partial charge >= 0.3 is 0 Å². The van der Waals surface area contributed by atoms with Crippen LogP contribution < -0.4 is 0 Å². The summed E-state index contributed by atoms with van der Waals surface area (Å²) in [4.78, 5) is 0. The molecule has 2 aliphatic carbocycles. The Morgan fingerprint density at radius 1 is 1.25 bits per heavy atom. The molecule has 0 atom stereocenters. The van der Waals surface area contributed by atoms with Crippen LogP contribution in [0.4, 0.5) is 0 Å². The van der Waals surface area contributed by atoms with Crippen molar-refractivity contribution in [3.63, 3.8) is 0 Å². The van der Waals surface area contributed by atoms with Gasteiger partial charge in [0, 0.05) is 12.1 Å². The summed E-state index contributed by atoms with van der Waals surface area (Å²) in [6.07, 6.45) is 8.96. The third kappa shape index (κ3) is 0.977. The number of hydrogen-bond acceptors (Lipinski definition) is 1. The molecule has 1 aromatic rings. The normalized spacial score (nSPS) is 24.0. The van der Waals surface area contributed by atoms with Crippen molar-refractivity contribution in [1.82, 2.24) is 9.78 Å². The Hall–Kier alpha value is -0.790. The van der Waals surface area contributed by atoms with Crippen LogP contribution in [0.3, 0.4) is 0 Å². The van der Waals surface area contributed by atoms with Gasteiger partial charge in [0.15, 0.2) is 0 Å². The van der Waals surface area contributed by atoms with E-state index in [0.29, 0.717) is 0 Å².